The van der Waals surface area contributed by atoms with E-state index in [9.17, 15) is 9.59 Å². The zero-order valence-corrected chi connectivity index (χ0v) is 7.65. The number of carbonyl (C=O) groups is 2. The van der Waals surface area contributed by atoms with Crippen LogP contribution in [0.1, 0.15) is 20.3 Å². The quantitative estimate of drug-likeness (QED) is 0.607. The van der Waals surface area contributed by atoms with Crippen LogP contribution < -0.4 is 5.32 Å². The van der Waals surface area contributed by atoms with Gasteiger partial charge in [0.25, 0.3) is 0 Å². The van der Waals surface area contributed by atoms with Gasteiger partial charge in [-0.3, -0.25) is 9.59 Å². The monoisotopic (exact) mass is 175 g/mol. The first kappa shape index (κ1) is 10.5. The second kappa shape index (κ2) is 5.18. The number of hydrogen-bond acceptors (Lipinski definition) is 3. The van der Waals surface area contributed by atoms with Crippen LogP contribution in [0.15, 0.2) is 0 Å². The summed E-state index contributed by atoms with van der Waals surface area (Å²) in [7, 11) is 0. The fraction of sp³-hybridized carbons (Fsp3) is 0.714. The van der Waals surface area contributed by atoms with Crippen LogP contribution in [0.2, 0.25) is 0 Å². The Kier molecular flexibility index (Phi) is 4.94. The third-order valence-electron chi connectivity index (χ3n) is 1.29. The summed E-state index contributed by atoms with van der Waals surface area (Å²) in [5.74, 6) is 0.408. The summed E-state index contributed by atoms with van der Waals surface area (Å²) in [6.45, 7) is 2.86. The van der Waals surface area contributed by atoms with Crippen LogP contribution >= 0.6 is 12.6 Å². The average molecular weight is 175 g/mol. The molecule has 4 heteroatoms. The van der Waals surface area contributed by atoms with Gasteiger partial charge in [-0.1, -0.05) is 0 Å². The summed E-state index contributed by atoms with van der Waals surface area (Å²) in [5, 5.41) is 2.54. The van der Waals surface area contributed by atoms with Crippen molar-refractivity contribution in [3.05, 3.63) is 0 Å². The first-order valence-corrected chi connectivity index (χ1v) is 4.09. The summed E-state index contributed by atoms with van der Waals surface area (Å²) >= 11 is 3.97. The van der Waals surface area contributed by atoms with Gasteiger partial charge >= 0.3 is 0 Å². The lowest BCUT2D eigenvalue weighted by Crippen LogP contribution is -2.38. The Morgan fingerprint density at radius 1 is 1.45 bits per heavy atom. The van der Waals surface area contributed by atoms with E-state index < -0.39 is 0 Å². The van der Waals surface area contributed by atoms with Crippen molar-refractivity contribution in [2.45, 2.75) is 26.3 Å². The maximum Gasteiger partial charge on any atom is 0.217 e. The van der Waals surface area contributed by atoms with Gasteiger partial charge in [0.2, 0.25) is 5.91 Å². The number of nitrogens with one attached hydrogen (secondary N) is 1. The summed E-state index contributed by atoms with van der Waals surface area (Å²) < 4.78 is 0. The Balaban J connectivity index is 3.89. The first-order valence-electron chi connectivity index (χ1n) is 3.46. The molecule has 1 unspecified atom stereocenters. The van der Waals surface area contributed by atoms with E-state index in [2.05, 4.69) is 17.9 Å². The predicted molar refractivity (Wildman–Crippen MR) is 46.8 cm³/mol. The van der Waals surface area contributed by atoms with Crippen molar-refractivity contribution in [1.29, 1.82) is 0 Å². The van der Waals surface area contributed by atoms with E-state index in [4.69, 9.17) is 0 Å². The smallest absolute Gasteiger partial charge is 0.217 e. The van der Waals surface area contributed by atoms with E-state index in [-0.39, 0.29) is 17.7 Å². The van der Waals surface area contributed by atoms with Crippen LogP contribution in [0.5, 0.6) is 0 Å². The van der Waals surface area contributed by atoms with Crippen molar-refractivity contribution in [2.75, 3.05) is 5.75 Å². The molecule has 3 nitrogen and oxygen atoms in total. The Morgan fingerprint density at radius 3 is 2.27 bits per heavy atom. The number of amides is 1. The molecule has 0 heterocycles. The summed E-state index contributed by atoms with van der Waals surface area (Å²) in [4.78, 5) is 21.4. The van der Waals surface area contributed by atoms with Crippen LogP contribution in [-0.2, 0) is 9.59 Å². The molecule has 11 heavy (non-hydrogen) atoms. The normalized spacial score (nSPS) is 12.3. The third kappa shape index (κ3) is 4.84. The minimum Gasteiger partial charge on any atom is -0.347 e. The van der Waals surface area contributed by atoms with E-state index in [1.54, 1.807) is 0 Å². The van der Waals surface area contributed by atoms with Gasteiger partial charge in [-0.25, -0.2) is 0 Å². The van der Waals surface area contributed by atoms with E-state index in [1.165, 1.54) is 13.8 Å². The lowest BCUT2D eigenvalue weighted by atomic mass is 10.1. The molecule has 1 amide bonds. The highest BCUT2D eigenvalue weighted by Gasteiger charge is 2.12. The van der Waals surface area contributed by atoms with Crippen molar-refractivity contribution in [1.82, 2.24) is 5.32 Å². The molecule has 0 aliphatic heterocycles. The number of carbonyl (C=O) groups excluding carboxylic acids is 2. The van der Waals surface area contributed by atoms with E-state index in [1.807, 2.05) is 0 Å². The number of rotatable bonds is 4. The summed E-state index contributed by atoms with van der Waals surface area (Å²) in [5.41, 5.74) is 0. The van der Waals surface area contributed by atoms with Crippen LogP contribution in [0.4, 0.5) is 0 Å². The topological polar surface area (TPSA) is 46.2 Å². The molecule has 0 aliphatic rings. The molecule has 0 fully saturated rings. The molecule has 1 atom stereocenters. The van der Waals surface area contributed by atoms with Gasteiger partial charge in [0.1, 0.15) is 0 Å². The minimum absolute atomic E-state index is 0.0192. The maximum absolute atomic E-state index is 10.8. The van der Waals surface area contributed by atoms with Crippen molar-refractivity contribution in [2.24, 2.45) is 0 Å². The molecule has 0 saturated heterocycles. The number of thiol groups is 1. The Bertz CT molecular complexity index is 159. The van der Waals surface area contributed by atoms with E-state index in [0.717, 1.165) is 0 Å². The van der Waals surface area contributed by atoms with Crippen molar-refractivity contribution < 1.29 is 9.59 Å². The largest absolute Gasteiger partial charge is 0.347 e. The molecule has 0 aliphatic carbocycles. The van der Waals surface area contributed by atoms with E-state index in [0.29, 0.717) is 12.2 Å². The first-order chi connectivity index (χ1) is 5.07. The zero-order chi connectivity index (χ0) is 8.85. The molecule has 0 radical (unpaired) electrons. The van der Waals surface area contributed by atoms with Crippen LogP contribution in [-0.4, -0.2) is 23.5 Å². The molecule has 0 saturated carbocycles. The van der Waals surface area contributed by atoms with Crippen molar-refractivity contribution in [3.8, 4) is 0 Å². The van der Waals surface area contributed by atoms with Gasteiger partial charge in [-0.15, -0.1) is 0 Å². The SMILES string of the molecule is CC(=O)NC(CCS)C(C)=O. The molecular formula is C7H13NO2S. The molecule has 0 bridgehead atoms. The fourth-order valence-electron chi connectivity index (χ4n) is 0.752. The van der Waals surface area contributed by atoms with Crippen molar-refractivity contribution in [3.63, 3.8) is 0 Å². The molecule has 1 N–H and O–H groups in total. The Labute approximate surface area is 72.0 Å². The van der Waals surface area contributed by atoms with Gasteiger partial charge in [-0.2, -0.15) is 12.6 Å². The lowest BCUT2D eigenvalue weighted by molar-refractivity contribution is -0.125. The number of ketones is 1. The number of Topliss-reactive ketones (excluding diaryl/α,β-unsaturated/α-hetero) is 1. The van der Waals surface area contributed by atoms with Crippen LogP contribution in [0, 0.1) is 0 Å². The zero-order valence-electron chi connectivity index (χ0n) is 6.76. The average Bonchev–Trinajstić information content (AvgIpc) is 1.86. The number of hydrogen-bond donors (Lipinski definition) is 2. The second-order valence-electron chi connectivity index (χ2n) is 2.38. The molecule has 0 aromatic rings. The minimum atomic E-state index is -0.356. The second-order valence-corrected chi connectivity index (χ2v) is 2.82. The van der Waals surface area contributed by atoms with Crippen molar-refractivity contribution >= 4 is 24.3 Å². The molecule has 0 rings (SSSR count). The van der Waals surface area contributed by atoms with Gasteiger partial charge in [0, 0.05) is 6.92 Å². The van der Waals surface area contributed by atoms with E-state index >= 15 is 0 Å². The van der Waals surface area contributed by atoms with Crippen LogP contribution in [0.3, 0.4) is 0 Å². The molecule has 0 aromatic heterocycles. The van der Waals surface area contributed by atoms with Gasteiger partial charge in [0.15, 0.2) is 5.78 Å². The third-order valence-corrected chi connectivity index (χ3v) is 1.54. The highest BCUT2D eigenvalue weighted by atomic mass is 32.1. The van der Waals surface area contributed by atoms with Crippen LogP contribution in [0.25, 0.3) is 0 Å². The Morgan fingerprint density at radius 2 is 2.00 bits per heavy atom. The van der Waals surface area contributed by atoms with Gasteiger partial charge in [-0.05, 0) is 19.1 Å². The summed E-state index contributed by atoms with van der Waals surface area (Å²) in [6.07, 6.45) is 0.595. The molecular weight excluding hydrogens is 162 g/mol. The maximum atomic E-state index is 10.8. The molecule has 0 aromatic carbocycles. The van der Waals surface area contributed by atoms with Gasteiger partial charge < -0.3 is 5.32 Å². The lowest BCUT2D eigenvalue weighted by Gasteiger charge is -2.12. The Hall–Kier alpha value is -0.510. The molecule has 0 spiro atoms. The highest BCUT2D eigenvalue weighted by Crippen LogP contribution is 1.95. The summed E-state index contributed by atoms with van der Waals surface area (Å²) in [6, 6.07) is -0.356. The van der Waals surface area contributed by atoms with Gasteiger partial charge in [0.05, 0.1) is 6.04 Å². The standard InChI is InChI=1S/C7H13NO2S/c1-5(9)7(3-4-11)8-6(2)10/h7,11H,3-4H2,1-2H3,(H,8,10). The molecule has 64 valence electrons. The fourth-order valence-corrected chi connectivity index (χ4v) is 1.01. The highest BCUT2D eigenvalue weighted by molar-refractivity contribution is 7.80. The predicted octanol–water partition coefficient (Wildman–Crippen LogP) is 0.400.